The zero-order valence-corrected chi connectivity index (χ0v) is 26.9. The molecular formula is C36H32N4O4S2. The fourth-order valence-electron chi connectivity index (χ4n) is 4.29. The molecule has 0 saturated carbocycles. The molecule has 0 radical (unpaired) electrons. The number of thioether (sulfide) groups is 1. The van der Waals surface area contributed by atoms with E-state index in [1.54, 1.807) is 60.7 Å². The number of aryl methyl sites for hydroxylation is 1. The van der Waals surface area contributed by atoms with Crippen LogP contribution in [0.2, 0.25) is 0 Å². The molecule has 0 spiro atoms. The molecule has 5 rings (SSSR count). The lowest BCUT2D eigenvalue weighted by molar-refractivity contribution is -0.114. The van der Waals surface area contributed by atoms with E-state index >= 15 is 0 Å². The highest BCUT2D eigenvalue weighted by Crippen LogP contribution is 2.26. The third-order valence-corrected chi connectivity index (χ3v) is 8.34. The summed E-state index contributed by atoms with van der Waals surface area (Å²) in [6.45, 7) is 4.48. The van der Waals surface area contributed by atoms with Crippen molar-refractivity contribution in [2.75, 3.05) is 23.0 Å². The van der Waals surface area contributed by atoms with Crippen molar-refractivity contribution in [2.45, 2.75) is 18.7 Å². The second-order valence-electron chi connectivity index (χ2n) is 10.1. The molecule has 4 aromatic carbocycles. The van der Waals surface area contributed by atoms with Crippen molar-refractivity contribution in [3.8, 4) is 17.0 Å². The fraction of sp³-hybridized carbons (Fsp3) is 0.111. The number of aromatic nitrogens is 1. The zero-order chi connectivity index (χ0) is 32.3. The Morgan fingerprint density at radius 2 is 1.65 bits per heavy atom. The number of nitrogens with zero attached hydrogens (tertiary/aromatic N) is 1. The molecule has 0 saturated heterocycles. The SMILES string of the molecule is CCOc1ccc(/C=C(/NC(=O)c2ccccc2)C(=O)Nc2cccc(SCC(=O)Nc3nc(-c4ccc(C)cc4)cs3)c2)cc1. The third-order valence-electron chi connectivity index (χ3n) is 6.59. The van der Waals surface area contributed by atoms with E-state index in [1.165, 1.54) is 28.7 Å². The number of hydrogen-bond acceptors (Lipinski definition) is 7. The van der Waals surface area contributed by atoms with Gasteiger partial charge in [-0.1, -0.05) is 66.2 Å². The van der Waals surface area contributed by atoms with E-state index in [-0.39, 0.29) is 17.4 Å². The number of amides is 3. The number of rotatable bonds is 12. The molecule has 0 atom stereocenters. The summed E-state index contributed by atoms with van der Waals surface area (Å²) in [5, 5.41) is 10.9. The molecule has 0 aliphatic heterocycles. The lowest BCUT2D eigenvalue weighted by Gasteiger charge is -2.12. The highest BCUT2D eigenvalue weighted by molar-refractivity contribution is 8.00. The van der Waals surface area contributed by atoms with E-state index in [1.807, 2.05) is 67.8 Å². The number of hydrogen-bond donors (Lipinski definition) is 3. The smallest absolute Gasteiger partial charge is 0.272 e. The summed E-state index contributed by atoms with van der Waals surface area (Å²) in [5.41, 5.74) is 4.70. The molecule has 0 aliphatic rings. The van der Waals surface area contributed by atoms with Crippen LogP contribution in [0.25, 0.3) is 17.3 Å². The van der Waals surface area contributed by atoms with Gasteiger partial charge in [0.1, 0.15) is 11.4 Å². The molecule has 5 aromatic rings. The van der Waals surface area contributed by atoms with Gasteiger partial charge in [0.15, 0.2) is 5.13 Å². The minimum absolute atomic E-state index is 0.0731. The van der Waals surface area contributed by atoms with Crippen LogP contribution in [0.4, 0.5) is 10.8 Å². The summed E-state index contributed by atoms with van der Waals surface area (Å²) in [4.78, 5) is 44.4. The Morgan fingerprint density at radius 1 is 0.891 bits per heavy atom. The van der Waals surface area contributed by atoms with Crippen LogP contribution in [0, 0.1) is 6.92 Å². The Kier molecular flexibility index (Phi) is 11.0. The van der Waals surface area contributed by atoms with Crippen molar-refractivity contribution in [3.05, 3.63) is 131 Å². The highest BCUT2D eigenvalue weighted by atomic mass is 32.2. The van der Waals surface area contributed by atoms with E-state index in [0.29, 0.717) is 34.3 Å². The average molecular weight is 649 g/mol. The maximum Gasteiger partial charge on any atom is 0.272 e. The van der Waals surface area contributed by atoms with Crippen molar-refractivity contribution in [3.63, 3.8) is 0 Å². The normalized spacial score (nSPS) is 11.0. The number of carbonyl (C=O) groups is 3. The minimum atomic E-state index is -0.494. The Morgan fingerprint density at radius 3 is 2.39 bits per heavy atom. The maximum atomic E-state index is 13.5. The molecule has 8 nitrogen and oxygen atoms in total. The van der Waals surface area contributed by atoms with Crippen LogP contribution >= 0.6 is 23.1 Å². The topological polar surface area (TPSA) is 109 Å². The summed E-state index contributed by atoms with van der Waals surface area (Å²) < 4.78 is 5.51. The quantitative estimate of drug-likeness (QED) is 0.0947. The summed E-state index contributed by atoms with van der Waals surface area (Å²) in [6, 6.07) is 31.2. The monoisotopic (exact) mass is 648 g/mol. The van der Waals surface area contributed by atoms with Crippen LogP contribution in [-0.4, -0.2) is 35.1 Å². The molecule has 10 heteroatoms. The van der Waals surface area contributed by atoms with E-state index in [4.69, 9.17) is 4.74 Å². The number of thiazole rings is 1. The van der Waals surface area contributed by atoms with Crippen molar-refractivity contribution < 1.29 is 19.1 Å². The average Bonchev–Trinajstić information content (AvgIpc) is 3.53. The fourth-order valence-corrected chi connectivity index (χ4v) is 5.78. The lowest BCUT2D eigenvalue weighted by atomic mass is 10.1. The van der Waals surface area contributed by atoms with Crippen molar-refractivity contribution in [2.24, 2.45) is 0 Å². The van der Waals surface area contributed by atoms with Crippen LogP contribution in [0.15, 0.2) is 119 Å². The Labute approximate surface area is 275 Å². The second kappa shape index (κ2) is 15.7. The summed E-state index contributed by atoms with van der Waals surface area (Å²) in [6.07, 6.45) is 1.61. The Balaban J connectivity index is 1.23. The van der Waals surface area contributed by atoms with Gasteiger partial charge in [-0.25, -0.2) is 4.98 Å². The third kappa shape index (κ3) is 9.16. The van der Waals surface area contributed by atoms with Crippen LogP contribution < -0.4 is 20.7 Å². The molecule has 0 bridgehead atoms. The van der Waals surface area contributed by atoms with Crippen LogP contribution in [0.1, 0.15) is 28.4 Å². The van der Waals surface area contributed by atoms with E-state index in [0.717, 1.165) is 16.2 Å². The first-order valence-corrected chi connectivity index (χ1v) is 16.4. The van der Waals surface area contributed by atoms with Gasteiger partial charge in [-0.15, -0.1) is 23.1 Å². The van der Waals surface area contributed by atoms with Gasteiger partial charge < -0.3 is 20.7 Å². The molecule has 1 heterocycles. The van der Waals surface area contributed by atoms with Crippen molar-refractivity contribution in [1.82, 2.24) is 10.3 Å². The second-order valence-corrected chi connectivity index (χ2v) is 12.0. The predicted molar refractivity (Wildman–Crippen MR) is 186 cm³/mol. The first kappa shape index (κ1) is 32.2. The predicted octanol–water partition coefficient (Wildman–Crippen LogP) is 7.66. The molecule has 46 heavy (non-hydrogen) atoms. The molecule has 3 N–H and O–H groups in total. The van der Waals surface area contributed by atoms with Crippen LogP contribution in [0.5, 0.6) is 5.75 Å². The molecule has 1 aromatic heterocycles. The van der Waals surface area contributed by atoms with Gasteiger partial charge in [-0.05, 0) is 68.0 Å². The number of ether oxygens (including phenoxy) is 1. The number of nitrogens with one attached hydrogen (secondary N) is 3. The maximum absolute atomic E-state index is 13.5. The van der Waals surface area contributed by atoms with Gasteiger partial charge in [0.2, 0.25) is 5.91 Å². The number of carbonyl (C=O) groups excluding carboxylic acids is 3. The van der Waals surface area contributed by atoms with Gasteiger partial charge in [0.25, 0.3) is 11.8 Å². The molecular weight excluding hydrogens is 617 g/mol. The zero-order valence-electron chi connectivity index (χ0n) is 25.3. The standard InChI is InChI=1S/C36H32N4O4S2/c1-3-44-29-18-14-25(15-19-29)20-31(38-34(42)27-8-5-4-6-9-27)35(43)37-28-10-7-11-30(21-28)45-23-33(41)40-36-39-32(22-46-36)26-16-12-24(2)13-17-26/h4-22H,3,23H2,1-2H3,(H,37,43)(H,38,42)(H,39,40,41)/b31-20+. The van der Waals surface area contributed by atoms with Gasteiger partial charge in [-0.3, -0.25) is 14.4 Å². The molecule has 232 valence electrons. The van der Waals surface area contributed by atoms with Gasteiger partial charge in [-0.2, -0.15) is 0 Å². The Hall–Kier alpha value is -5.19. The van der Waals surface area contributed by atoms with Crippen molar-refractivity contribution >= 4 is 57.7 Å². The van der Waals surface area contributed by atoms with Gasteiger partial charge in [0.05, 0.1) is 18.1 Å². The van der Waals surface area contributed by atoms with E-state index in [2.05, 4.69) is 20.9 Å². The Bertz CT molecular complexity index is 1840. The first-order chi connectivity index (χ1) is 22.4. The number of benzene rings is 4. The summed E-state index contributed by atoms with van der Waals surface area (Å²) in [7, 11) is 0. The first-order valence-electron chi connectivity index (χ1n) is 14.5. The highest BCUT2D eigenvalue weighted by Gasteiger charge is 2.16. The molecule has 0 unspecified atom stereocenters. The molecule has 0 fully saturated rings. The minimum Gasteiger partial charge on any atom is -0.494 e. The van der Waals surface area contributed by atoms with E-state index < -0.39 is 11.8 Å². The number of anilines is 2. The van der Waals surface area contributed by atoms with Crippen LogP contribution in [-0.2, 0) is 9.59 Å². The molecule has 0 aliphatic carbocycles. The largest absolute Gasteiger partial charge is 0.494 e. The van der Waals surface area contributed by atoms with Crippen LogP contribution in [0.3, 0.4) is 0 Å². The lowest BCUT2D eigenvalue weighted by Crippen LogP contribution is -2.30. The summed E-state index contributed by atoms with van der Waals surface area (Å²) >= 11 is 2.71. The van der Waals surface area contributed by atoms with Gasteiger partial charge in [0, 0.05) is 27.1 Å². The molecule has 3 amide bonds. The van der Waals surface area contributed by atoms with E-state index in [9.17, 15) is 14.4 Å². The summed E-state index contributed by atoms with van der Waals surface area (Å²) in [5.74, 6) is -0.220. The van der Waals surface area contributed by atoms with Crippen molar-refractivity contribution in [1.29, 1.82) is 0 Å². The van der Waals surface area contributed by atoms with Gasteiger partial charge >= 0.3 is 0 Å².